The Hall–Kier alpha value is -2.20. The number of amides is 1. The number of hydrogen-bond acceptors (Lipinski definition) is 2. The van der Waals surface area contributed by atoms with Crippen LogP contribution in [0.4, 0.5) is 4.39 Å². The quantitative estimate of drug-likeness (QED) is 0.891. The Morgan fingerprint density at radius 1 is 1.17 bits per heavy atom. The third kappa shape index (κ3) is 2.99. The van der Waals surface area contributed by atoms with Crippen molar-refractivity contribution in [3.05, 3.63) is 71.0 Å². The summed E-state index contributed by atoms with van der Waals surface area (Å²) in [4.78, 5) is 12.7. The van der Waals surface area contributed by atoms with E-state index >= 15 is 0 Å². The molecule has 1 fully saturated rings. The molecule has 4 heteroatoms. The lowest BCUT2D eigenvalue weighted by molar-refractivity contribution is -0.130. The highest BCUT2D eigenvalue weighted by Gasteiger charge is 2.45. The van der Waals surface area contributed by atoms with Crippen molar-refractivity contribution in [3.8, 4) is 0 Å². The van der Waals surface area contributed by atoms with Crippen molar-refractivity contribution in [2.75, 3.05) is 0 Å². The molecule has 0 radical (unpaired) electrons. The van der Waals surface area contributed by atoms with Gasteiger partial charge in [-0.25, -0.2) is 4.39 Å². The molecule has 23 heavy (non-hydrogen) atoms. The Labute approximate surface area is 135 Å². The summed E-state index contributed by atoms with van der Waals surface area (Å²) in [5, 5.41) is 12.1. The monoisotopic (exact) mass is 313 g/mol. The summed E-state index contributed by atoms with van der Waals surface area (Å²) in [5.74, 6) is -0.410. The van der Waals surface area contributed by atoms with E-state index in [1.807, 2.05) is 30.3 Å². The molecule has 0 atom stereocenters. The van der Waals surface area contributed by atoms with Crippen LogP contribution < -0.4 is 5.32 Å². The highest BCUT2D eigenvalue weighted by atomic mass is 19.1. The largest absolute Gasteiger partial charge is 0.392 e. The van der Waals surface area contributed by atoms with Crippen LogP contribution >= 0.6 is 0 Å². The van der Waals surface area contributed by atoms with Gasteiger partial charge in [-0.3, -0.25) is 4.79 Å². The van der Waals surface area contributed by atoms with Gasteiger partial charge >= 0.3 is 0 Å². The second-order valence-corrected chi connectivity index (χ2v) is 6.07. The van der Waals surface area contributed by atoms with Crippen LogP contribution in [-0.2, 0) is 23.4 Å². The van der Waals surface area contributed by atoms with Crippen LogP contribution in [0, 0.1) is 5.82 Å². The number of benzene rings is 2. The molecule has 1 saturated carbocycles. The third-order valence-corrected chi connectivity index (χ3v) is 4.70. The molecule has 2 N–H and O–H groups in total. The topological polar surface area (TPSA) is 49.3 Å². The van der Waals surface area contributed by atoms with E-state index in [1.165, 1.54) is 6.07 Å². The van der Waals surface area contributed by atoms with Crippen LogP contribution in [0.15, 0.2) is 48.5 Å². The van der Waals surface area contributed by atoms with Crippen molar-refractivity contribution >= 4 is 5.91 Å². The minimum atomic E-state index is -0.429. The summed E-state index contributed by atoms with van der Waals surface area (Å²) < 4.78 is 13.4. The molecule has 0 aliphatic heterocycles. The Morgan fingerprint density at radius 3 is 2.52 bits per heavy atom. The fourth-order valence-corrected chi connectivity index (χ4v) is 3.15. The lowest BCUT2D eigenvalue weighted by Gasteiger charge is -2.40. The molecule has 0 bridgehead atoms. The van der Waals surface area contributed by atoms with Gasteiger partial charge in [0.25, 0.3) is 0 Å². The molecule has 2 aromatic rings. The van der Waals surface area contributed by atoms with Crippen LogP contribution in [0.1, 0.15) is 36.0 Å². The molecule has 3 rings (SSSR count). The van der Waals surface area contributed by atoms with Crippen molar-refractivity contribution < 1.29 is 14.3 Å². The van der Waals surface area contributed by atoms with E-state index in [9.17, 15) is 9.18 Å². The summed E-state index contributed by atoms with van der Waals surface area (Å²) in [6.07, 6.45) is 2.76. The fraction of sp³-hybridized carbons (Fsp3) is 0.316. The average Bonchev–Trinajstić information content (AvgIpc) is 2.54. The van der Waals surface area contributed by atoms with Gasteiger partial charge in [-0.15, -0.1) is 0 Å². The summed E-state index contributed by atoms with van der Waals surface area (Å²) in [5.41, 5.74) is 1.66. The Balaban J connectivity index is 1.72. The lowest BCUT2D eigenvalue weighted by atomic mass is 9.64. The smallest absolute Gasteiger partial charge is 0.230 e. The zero-order valence-corrected chi connectivity index (χ0v) is 12.9. The first-order valence-electron chi connectivity index (χ1n) is 7.88. The number of aliphatic hydroxyl groups excluding tert-OH is 1. The van der Waals surface area contributed by atoms with Gasteiger partial charge in [0.1, 0.15) is 5.82 Å². The molecule has 0 saturated heterocycles. The summed E-state index contributed by atoms with van der Waals surface area (Å²) in [6, 6.07) is 14.4. The highest BCUT2D eigenvalue weighted by Crippen LogP contribution is 2.43. The second kappa shape index (κ2) is 6.50. The molecular weight excluding hydrogens is 293 g/mol. The number of hydrogen-bond donors (Lipinski definition) is 2. The SMILES string of the molecule is O=C(NCc1ccc(F)c(CO)c1)C1(c2ccccc2)CCC1. The molecule has 1 aliphatic carbocycles. The molecule has 0 aromatic heterocycles. The van der Waals surface area contributed by atoms with Crippen molar-refractivity contribution in [1.29, 1.82) is 0 Å². The van der Waals surface area contributed by atoms with Crippen molar-refractivity contribution in [2.45, 2.75) is 37.8 Å². The van der Waals surface area contributed by atoms with E-state index in [-0.39, 0.29) is 18.1 Å². The zero-order valence-electron chi connectivity index (χ0n) is 12.9. The predicted molar refractivity (Wildman–Crippen MR) is 86.1 cm³/mol. The van der Waals surface area contributed by atoms with Crippen molar-refractivity contribution in [3.63, 3.8) is 0 Å². The van der Waals surface area contributed by atoms with Gasteiger partial charge in [0.2, 0.25) is 5.91 Å². The number of carbonyl (C=O) groups excluding carboxylic acids is 1. The van der Waals surface area contributed by atoms with E-state index in [2.05, 4.69) is 5.32 Å². The summed E-state index contributed by atoms with van der Waals surface area (Å²) in [7, 11) is 0. The standard InChI is InChI=1S/C19H20FNO2/c20-17-8-7-14(11-15(17)13-22)12-21-18(23)19(9-4-10-19)16-5-2-1-3-6-16/h1-3,5-8,11,22H,4,9-10,12-13H2,(H,21,23). The van der Waals surface area contributed by atoms with Gasteiger partial charge in [-0.05, 0) is 36.1 Å². The maximum Gasteiger partial charge on any atom is 0.230 e. The Bertz CT molecular complexity index is 696. The first-order valence-corrected chi connectivity index (χ1v) is 7.88. The molecule has 120 valence electrons. The van der Waals surface area contributed by atoms with Crippen LogP contribution in [0.5, 0.6) is 0 Å². The third-order valence-electron chi connectivity index (χ3n) is 4.70. The van der Waals surface area contributed by atoms with Gasteiger partial charge < -0.3 is 10.4 Å². The second-order valence-electron chi connectivity index (χ2n) is 6.07. The number of carbonyl (C=O) groups is 1. The fourth-order valence-electron chi connectivity index (χ4n) is 3.15. The maximum atomic E-state index is 13.4. The van der Waals surface area contributed by atoms with Gasteiger partial charge in [0.15, 0.2) is 0 Å². The number of aliphatic hydroxyl groups is 1. The molecule has 3 nitrogen and oxygen atoms in total. The van der Waals surface area contributed by atoms with E-state index in [0.717, 1.165) is 30.4 Å². The molecule has 1 aliphatic rings. The first kappa shape index (κ1) is 15.7. The Kier molecular flexibility index (Phi) is 4.44. The summed E-state index contributed by atoms with van der Waals surface area (Å²) >= 11 is 0. The van der Waals surface area contributed by atoms with Gasteiger partial charge in [0, 0.05) is 12.1 Å². The minimum absolute atomic E-state index is 0.0184. The van der Waals surface area contributed by atoms with Crippen molar-refractivity contribution in [2.24, 2.45) is 0 Å². The predicted octanol–water partition coefficient (Wildman–Crippen LogP) is 3.06. The van der Waals surface area contributed by atoms with Gasteiger partial charge in [-0.1, -0.05) is 42.8 Å². The Morgan fingerprint density at radius 2 is 1.91 bits per heavy atom. The van der Waals surface area contributed by atoms with Crippen LogP contribution in [0.25, 0.3) is 0 Å². The first-order chi connectivity index (χ1) is 11.2. The molecule has 0 spiro atoms. The maximum absolute atomic E-state index is 13.4. The van der Waals surface area contributed by atoms with Gasteiger partial charge in [0.05, 0.1) is 12.0 Å². The van der Waals surface area contributed by atoms with Crippen LogP contribution in [0.3, 0.4) is 0 Å². The number of halogens is 1. The van der Waals surface area contributed by atoms with E-state index in [4.69, 9.17) is 5.11 Å². The lowest BCUT2D eigenvalue weighted by Crippen LogP contribution is -2.48. The summed E-state index contributed by atoms with van der Waals surface area (Å²) in [6.45, 7) is -0.0116. The van der Waals surface area contributed by atoms with Crippen molar-refractivity contribution in [1.82, 2.24) is 5.32 Å². The molecular formula is C19H20FNO2. The molecule has 1 amide bonds. The van der Waals surface area contributed by atoms with E-state index < -0.39 is 11.2 Å². The minimum Gasteiger partial charge on any atom is -0.392 e. The molecule has 0 unspecified atom stereocenters. The molecule has 2 aromatic carbocycles. The van der Waals surface area contributed by atoms with Gasteiger partial charge in [-0.2, -0.15) is 0 Å². The normalized spacial score (nSPS) is 15.7. The van der Waals surface area contributed by atoms with Crippen LogP contribution in [0.2, 0.25) is 0 Å². The number of nitrogens with one attached hydrogen (secondary N) is 1. The molecule has 0 heterocycles. The zero-order chi connectivity index (χ0) is 16.3. The van der Waals surface area contributed by atoms with Crippen LogP contribution in [-0.4, -0.2) is 11.0 Å². The average molecular weight is 313 g/mol. The number of rotatable bonds is 5. The van der Waals surface area contributed by atoms with E-state index in [1.54, 1.807) is 12.1 Å². The van der Waals surface area contributed by atoms with E-state index in [0.29, 0.717) is 6.54 Å². The highest BCUT2D eigenvalue weighted by molar-refractivity contribution is 5.89.